The van der Waals surface area contributed by atoms with Crippen molar-refractivity contribution in [1.29, 1.82) is 0 Å². The van der Waals surface area contributed by atoms with Gasteiger partial charge < -0.3 is 5.32 Å². The number of hydrogen-bond acceptors (Lipinski definition) is 4. The first-order valence-electron chi connectivity index (χ1n) is 7.67. The van der Waals surface area contributed by atoms with E-state index in [2.05, 4.69) is 78.9 Å². The van der Waals surface area contributed by atoms with Crippen LogP contribution in [0.2, 0.25) is 0 Å². The Balaban J connectivity index is 1.97. The molecule has 118 valence electrons. The molecule has 0 aliphatic heterocycles. The third-order valence-electron chi connectivity index (χ3n) is 3.88. The topological polar surface area (TPSA) is 55.6 Å². The molecule has 2 aromatic carbocycles. The maximum Gasteiger partial charge on any atom is 0.181 e. The lowest BCUT2D eigenvalue weighted by Crippen LogP contribution is -2.32. The highest BCUT2D eigenvalue weighted by Gasteiger charge is 2.28. The lowest BCUT2D eigenvalue weighted by molar-refractivity contribution is 0.541. The summed E-state index contributed by atoms with van der Waals surface area (Å²) in [6.45, 7) is 8.29. The van der Waals surface area contributed by atoms with Gasteiger partial charge in [0.05, 0.1) is 11.2 Å². The zero-order chi connectivity index (χ0) is 16.4. The van der Waals surface area contributed by atoms with Crippen molar-refractivity contribution in [2.45, 2.75) is 33.2 Å². The quantitative estimate of drug-likeness (QED) is 0.799. The molecule has 1 heterocycles. The summed E-state index contributed by atoms with van der Waals surface area (Å²) < 4.78 is 1.80. The van der Waals surface area contributed by atoms with Crippen molar-refractivity contribution in [3.05, 3.63) is 65.5 Å². The molecule has 0 amide bonds. The van der Waals surface area contributed by atoms with Gasteiger partial charge in [-0.1, -0.05) is 35.9 Å². The van der Waals surface area contributed by atoms with Crippen LogP contribution in [0.1, 0.15) is 30.8 Å². The van der Waals surface area contributed by atoms with Crippen LogP contribution in [0.4, 0.5) is 5.69 Å². The van der Waals surface area contributed by atoms with Crippen molar-refractivity contribution < 1.29 is 0 Å². The zero-order valence-corrected chi connectivity index (χ0v) is 13.9. The molecule has 5 nitrogen and oxygen atoms in total. The van der Waals surface area contributed by atoms with Gasteiger partial charge in [-0.2, -0.15) is 4.68 Å². The number of nitrogens with one attached hydrogen (secondary N) is 1. The molecule has 3 aromatic rings. The molecule has 5 heteroatoms. The third-order valence-corrected chi connectivity index (χ3v) is 3.88. The second-order valence-corrected chi connectivity index (χ2v) is 6.32. The van der Waals surface area contributed by atoms with Gasteiger partial charge in [0.2, 0.25) is 0 Å². The van der Waals surface area contributed by atoms with Gasteiger partial charge in [0, 0.05) is 5.69 Å². The SMILES string of the molecule is Cc1ccc(NC(C)(C)c2nnnn2-c2ccccc2C)cc1. The van der Waals surface area contributed by atoms with Crippen molar-refractivity contribution in [3.8, 4) is 5.69 Å². The maximum absolute atomic E-state index is 4.26. The van der Waals surface area contributed by atoms with Crippen LogP contribution in [0, 0.1) is 13.8 Å². The molecule has 0 aliphatic rings. The van der Waals surface area contributed by atoms with E-state index < -0.39 is 5.54 Å². The van der Waals surface area contributed by atoms with Gasteiger partial charge >= 0.3 is 0 Å². The van der Waals surface area contributed by atoms with Gasteiger partial charge in [-0.3, -0.25) is 0 Å². The van der Waals surface area contributed by atoms with Gasteiger partial charge in [-0.05, 0) is 61.9 Å². The fraction of sp³-hybridized carbons (Fsp3) is 0.278. The van der Waals surface area contributed by atoms with Gasteiger partial charge in [-0.25, -0.2) is 0 Å². The number of anilines is 1. The van der Waals surface area contributed by atoms with Gasteiger partial charge in [0.1, 0.15) is 0 Å². The zero-order valence-electron chi connectivity index (χ0n) is 13.9. The van der Waals surface area contributed by atoms with Crippen molar-refractivity contribution >= 4 is 5.69 Å². The molecule has 0 saturated heterocycles. The molecule has 0 unspecified atom stereocenters. The molecule has 0 saturated carbocycles. The smallest absolute Gasteiger partial charge is 0.181 e. The fourth-order valence-corrected chi connectivity index (χ4v) is 2.59. The van der Waals surface area contributed by atoms with Crippen LogP contribution < -0.4 is 5.32 Å². The second-order valence-electron chi connectivity index (χ2n) is 6.32. The van der Waals surface area contributed by atoms with Gasteiger partial charge in [0.25, 0.3) is 0 Å². The van der Waals surface area contributed by atoms with Crippen molar-refractivity contribution in [3.63, 3.8) is 0 Å². The van der Waals surface area contributed by atoms with E-state index in [4.69, 9.17) is 0 Å². The first-order chi connectivity index (χ1) is 11.0. The molecule has 1 aromatic heterocycles. The minimum Gasteiger partial charge on any atom is -0.373 e. The largest absolute Gasteiger partial charge is 0.373 e. The Morgan fingerprint density at radius 1 is 0.957 bits per heavy atom. The number of nitrogens with zero attached hydrogens (tertiary/aromatic N) is 4. The molecule has 23 heavy (non-hydrogen) atoms. The molecule has 1 N–H and O–H groups in total. The minimum atomic E-state index is -0.416. The fourth-order valence-electron chi connectivity index (χ4n) is 2.59. The molecule has 0 bridgehead atoms. The van der Waals surface area contributed by atoms with Crippen molar-refractivity contribution in [2.24, 2.45) is 0 Å². The summed E-state index contributed by atoms with van der Waals surface area (Å²) in [5.41, 5.74) is 3.98. The highest BCUT2D eigenvalue weighted by molar-refractivity contribution is 5.48. The highest BCUT2D eigenvalue weighted by Crippen LogP contribution is 2.26. The Hall–Kier alpha value is -2.69. The summed E-state index contributed by atoms with van der Waals surface area (Å²) in [7, 11) is 0. The van der Waals surface area contributed by atoms with Crippen LogP contribution in [-0.2, 0) is 5.54 Å². The van der Waals surface area contributed by atoms with E-state index in [1.54, 1.807) is 4.68 Å². The first-order valence-corrected chi connectivity index (χ1v) is 7.67. The standard InChI is InChI=1S/C18H21N5/c1-13-9-11-15(12-10-13)19-18(3,4)17-20-21-22-23(17)16-8-6-5-7-14(16)2/h5-12,19H,1-4H3. The molecule has 3 rings (SSSR count). The normalized spacial score (nSPS) is 11.5. The second kappa shape index (κ2) is 5.83. The van der Waals surface area contributed by atoms with E-state index >= 15 is 0 Å². The van der Waals surface area contributed by atoms with Crippen LogP contribution in [0.25, 0.3) is 5.69 Å². The number of hydrogen-bond donors (Lipinski definition) is 1. The summed E-state index contributed by atoms with van der Waals surface area (Å²) in [5, 5.41) is 15.8. The van der Waals surface area contributed by atoms with Crippen LogP contribution in [0.5, 0.6) is 0 Å². The number of tetrazole rings is 1. The van der Waals surface area contributed by atoms with E-state index in [1.165, 1.54) is 5.56 Å². The highest BCUT2D eigenvalue weighted by atomic mass is 15.6. The number of rotatable bonds is 4. The molecule has 0 radical (unpaired) electrons. The van der Waals surface area contributed by atoms with Crippen molar-refractivity contribution in [2.75, 3.05) is 5.32 Å². The average molecular weight is 307 g/mol. The lowest BCUT2D eigenvalue weighted by atomic mass is 10.0. The molecular weight excluding hydrogens is 286 g/mol. The number of aromatic nitrogens is 4. The first kappa shape index (κ1) is 15.2. The Morgan fingerprint density at radius 2 is 1.65 bits per heavy atom. The summed E-state index contributed by atoms with van der Waals surface area (Å²) >= 11 is 0. The Labute approximate surface area is 136 Å². The van der Waals surface area contributed by atoms with E-state index in [0.29, 0.717) is 0 Å². The molecule has 0 spiro atoms. The maximum atomic E-state index is 4.26. The Kier molecular flexibility index (Phi) is 3.86. The molecule has 0 fully saturated rings. The van der Waals surface area contributed by atoms with E-state index in [1.807, 2.05) is 18.2 Å². The van der Waals surface area contributed by atoms with E-state index in [9.17, 15) is 0 Å². The lowest BCUT2D eigenvalue weighted by Gasteiger charge is -2.26. The summed E-state index contributed by atoms with van der Waals surface area (Å²) in [6.07, 6.45) is 0. The molecule has 0 atom stereocenters. The predicted octanol–water partition coefficient (Wildman–Crippen LogP) is 3.63. The summed E-state index contributed by atoms with van der Waals surface area (Å²) in [4.78, 5) is 0. The van der Waals surface area contributed by atoms with E-state index in [0.717, 1.165) is 22.8 Å². The summed E-state index contributed by atoms with van der Waals surface area (Å²) in [6, 6.07) is 16.4. The van der Waals surface area contributed by atoms with Crippen molar-refractivity contribution in [1.82, 2.24) is 20.2 Å². The molecular formula is C18H21N5. The average Bonchev–Trinajstić information content (AvgIpc) is 3.00. The number of aryl methyl sites for hydroxylation is 2. The van der Waals surface area contributed by atoms with Crippen LogP contribution in [-0.4, -0.2) is 20.2 Å². The monoisotopic (exact) mass is 307 g/mol. The predicted molar refractivity (Wildman–Crippen MR) is 91.7 cm³/mol. The summed E-state index contributed by atoms with van der Waals surface area (Å²) in [5.74, 6) is 0.771. The molecule has 0 aliphatic carbocycles. The van der Waals surface area contributed by atoms with Crippen LogP contribution in [0.15, 0.2) is 48.5 Å². The van der Waals surface area contributed by atoms with E-state index in [-0.39, 0.29) is 0 Å². The van der Waals surface area contributed by atoms with Gasteiger partial charge in [0.15, 0.2) is 5.82 Å². The van der Waals surface area contributed by atoms with Crippen LogP contribution >= 0.6 is 0 Å². The minimum absolute atomic E-state index is 0.416. The Bertz CT molecular complexity index is 802. The third kappa shape index (κ3) is 3.08. The van der Waals surface area contributed by atoms with Gasteiger partial charge in [-0.15, -0.1) is 5.10 Å². The Morgan fingerprint density at radius 3 is 2.35 bits per heavy atom. The van der Waals surface area contributed by atoms with Crippen LogP contribution in [0.3, 0.4) is 0 Å². The number of benzene rings is 2. The number of para-hydroxylation sites is 1.